The summed E-state index contributed by atoms with van der Waals surface area (Å²) in [5, 5.41) is 3.16. The van der Waals surface area contributed by atoms with Crippen molar-refractivity contribution < 1.29 is 9.59 Å². The van der Waals surface area contributed by atoms with Gasteiger partial charge in [-0.15, -0.1) is 11.8 Å². The Kier molecular flexibility index (Phi) is 8.59. The van der Waals surface area contributed by atoms with Gasteiger partial charge >= 0.3 is 0 Å². The molecule has 1 atom stereocenters. The van der Waals surface area contributed by atoms with Gasteiger partial charge in [0.25, 0.3) is 0 Å². The molecule has 2 amide bonds. The molecule has 1 N–H and O–H groups in total. The molecule has 0 spiro atoms. The van der Waals surface area contributed by atoms with E-state index in [1.807, 2.05) is 44.2 Å². The van der Waals surface area contributed by atoms with E-state index in [9.17, 15) is 9.59 Å². The lowest BCUT2D eigenvalue weighted by Gasteiger charge is -2.29. The van der Waals surface area contributed by atoms with E-state index in [1.165, 1.54) is 29.5 Å². The second-order valence-corrected chi connectivity index (χ2v) is 9.64. The molecule has 1 fully saturated rings. The van der Waals surface area contributed by atoms with Crippen molar-refractivity contribution in [1.29, 1.82) is 0 Å². The fourth-order valence-corrected chi connectivity index (χ4v) is 4.86. The molecule has 0 radical (unpaired) electrons. The van der Waals surface area contributed by atoms with E-state index < -0.39 is 6.04 Å². The molecule has 1 aliphatic carbocycles. The first-order chi connectivity index (χ1) is 14.9. The fraction of sp³-hybridized carbons (Fsp3) is 0.462. The summed E-state index contributed by atoms with van der Waals surface area (Å²) in [6.45, 7) is 6.42. The van der Waals surface area contributed by atoms with Crippen molar-refractivity contribution in [3.8, 4) is 0 Å². The first-order valence-corrected chi connectivity index (χ1v) is 12.4. The average Bonchev–Trinajstić information content (AvgIpc) is 3.26. The van der Waals surface area contributed by atoms with Crippen LogP contribution in [0.25, 0.3) is 0 Å². The molecule has 0 heterocycles. The van der Waals surface area contributed by atoms with E-state index in [4.69, 9.17) is 0 Å². The van der Waals surface area contributed by atoms with Crippen LogP contribution in [0.3, 0.4) is 0 Å². The molecule has 166 valence electrons. The van der Waals surface area contributed by atoms with Gasteiger partial charge in [0.2, 0.25) is 11.8 Å². The van der Waals surface area contributed by atoms with E-state index in [-0.39, 0.29) is 17.9 Å². The molecular weight excluding hydrogens is 404 g/mol. The number of hydrogen-bond donors (Lipinski definition) is 1. The van der Waals surface area contributed by atoms with Crippen LogP contribution in [0.4, 0.5) is 0 Å². The van der Waals surface area contributed by atoms with Crippen molar-refractivity contribution in [1.82, 2.24) is 10.2 Å². The molecule has 0 aromatic heterocycles. The number of nitrogens with zero attached hydrogens (tertiary/aromatic N) is 1. The predicted octanol–water partition coefficient (Wildman–Crippen LogP) is 5.01. The standard InChI is InChI=1S/C26H34N2O2S/c1-19-11-13-22(14-12-19)16-28(21(3)26(30)27-24-9-4-5-10-24)25(29)18-31-17-23-8-6-7-20(2)15-23/h6-8,11-15,21,24H,4-5,9-10,16-18H2,1-3H3,(H,27,30)/t21-/m0/s1. The largest absolute Gasteiger partial charge is 0.352 e. The Labute approximate surface area is 190 Å². The molecule has 0 unspecified atom stereocenters. The molecule has 3 rings (SSSR count). The lowest BCUT2D eigenvalue weighted by atomic mass is 10.1. The van der Waals surface area contributed by atoms with Crippen LogP contribution in [-0.4, -0.2) is 34.6 Å². The van der Waals surface area contributed by atoms with Crippen LogP contribution in [0, 0.1) is 13.8 Å². The summed E-state index contributed by atoms with van der Waals surface area (Å²) in [6.07, 6.45) is 4.41. The summed E-state index contributed by atoms with van der Waals surface area (Å²) in [5.74, 6) is 1.11. The number of nitrogens with one attached hydrogen (secondary N) is 1. The molecule has 0 aliphatic heterocycles. The van der Waals surface area contributed by atoms with E-state index in [0.717, 1.165) is 24.2 Å². The summed E-state index contributed by atoms with van der Waals surface area (Å²) in [4.78, 5) is 27.8. The lowest BCUT2D eigenvalue weighted by Crippen LogP contribution is -2.50. The Bertz CT molecular complexity index is 875. The SMILES string of the molecule is Cc1ccc(CN(C(=O)CSCc2cccc(C)c2)[C@@H](C)C(=O)NC2CCCC2)cc1. The predicted molar refractivity (Wildman–Crippen MR) is 129 cm³/mol. The van der Waals surface area contributed by atoms with Gasteiger partial charge in [0.1, 0.15) is 6.04 Å². The third-order valence-corrected chi connectivity index (χ3v) is 6.91. The Morgan fingerprint density at radius 2 is 1.74 bits per heavy atom. The van der Waals surface area contributed by atoms with Crippen LogP contribution in [0.1, 0.15) is 54.9 Å². The zero-order valence-corrected chi connectivity index (χ0v) is 19.7. The summed E-state index contributed by atoms with van der Waals surface area (Å²) in [5.41, 5.74) is 4.67. The topological polar surface area (TPSA) is 49.4 Å². The van der Waals surface area contributed by atoms with Crippen LogP contribution in [0.5, 0.6) is 0 Å². The van der Waals surface area contributed by atoms with Crippen molar-refractivity contribution in [2.45, 2.75) is 70.8 Å². The quantitative estimate of drug-likeness (QED) is 0.598. The Hall–Kier alpha value is -2.27. The first kappa shape index (κ1) is 23.4. The summed E-state index contributed by atoms with van der Waals surface area (Å²) >= 11 is 1.60. The highest BCUT2D eigenvalue weighted by atomic mass is 32.2. The Balaban J connectivity index is 1.64. The number of amides is 2. The second kappa shape index (κ2) is 11.4. The Morgan fingerprint density at radius 3 is 2.42 bits per heavy atom. The molecule has 5 heteroatoms. The van der Waals surface area contributed by atoms with Gasteiger partial charge in [-0.05, 0) is 44.7 Å². The van der Waals surface area contributed by atoms with Gasteiger partial charge in [0.05, 0.1) is 5.75 Å². The number of aryl methyl sites for hydroxylation is 2. The summed E-state index contributed by atoms with van der Waals surface area (Å²) in [7, 11) is 0. The molecule has 1 saturated carbocycles. The molecule has 2 aromatic carbocycles. The third kappa shape index (κ3) is 7.13. The number of benzene rings is 2. The maximum atomic E-state index is 13.2. The van der Waals surface area contributed by atoms with E-state index in [2.05, 4.69) is 30.4 Å². The van der Waals surface area contributed by atoms with Crippen molar-refractivity contribution in [2.75, 3.05) is 5.75 Å². The van der Waals surface area contributed by atoms with Crippen LogP contribution < -0.4 is 5.32 Å². The second-order valence-electron chi connectivity index (χ2n) is 8.66. The molecule has 0 saturated heterocycles. The number of carbonyl (C=O) groups excluding carboxylic acids is 2. The van der Waals surface area contributed by atoms with Gasteiger partial charge < -0.3 is 10.2 Å². The van der Waals surface area contributed by atoms with Gasteiger partial charge in [-0.1, -0.05) is 72.5 Å². The maximum absolute atomic E-state index is 13.2. The first-order valence-electron chi connectivity index (χ1n) is 11.2. The highest BCUT2D eigenvalue weighted by Gasteiger charge is 2.28. The van der Waals surface area contributed by atoms with Crippen LogP contribution in [0.15, 0.2) is 48.5 Å². The Morgan fingerprint density at radius 1 is 1.03 bits per heavy atom. The van der Waals surface area contributed by atoms with Crippen LogP contribution >= 0.6 is 11.8 Å². The van der Waals surface area contributed by atoms with Gasteiger partial charge in [0, 0.05) is 18.3 Å². The molecule has 2 aromatic rings. The van der Waals surface area contributed by atoms with Crippen molar-refractivity contribution in [3.63, 3.8) is 0 Å². The van der Waals surface area contributed by atoms with Gasteiger partial charge in [0.15, 0.2) is 0 Å². The number of carbonyl (C=O) groups is 2. The highest BCUT2D eigenvalue weighted by Crippen LogP contribution is 2.20. The zero-order valence-electron chi connectivity index (χ0n) is 18.9. The van der Waals surface area contributed by atoms with Crippen LogP contribution in [-0.2, 0) is 21.9 Å². The molecule has 0 bridgehead atoms. The lowest BCUT2D eigenvalue weighted by molar-refractivity contribution is -0.138. The molecule has 1 aliphatic rings. The minimum Gasteiger partial charge on any atom is -0.352 e. The van der Waals surface area contributed by atoms with E-state index in [0.29, 0.717) is 12.3 Å². The minimum atomic E-state index is -0.492. The van der Waals surface area contributed by atoms with Gasteiger partial charge in [-0.2, -0.15) is 0 Å². The summed E-state index contributed by atoms with van der Waals surface area (Å²) < 4.78 is 0. The van der Waals surface area contributed by atoms with E-state index in [1.54, 1.807) is 16.7 Å². The zero-order chi connectivity index (χ0) is 22.2. The van der Waals surface area contributed by atoms with Crippen LogP contribution in [0.2, 0.25) is 0 Å². The number of hydrogen-bond acceptors (Lipinski definition) is 3. The smallest absolute Gasteiger partial charge is 0.242 e. The van der Waals surface area contributed by atoms with E-state index >= 15 is 0 Å². The summed E-state index contributed by atoms with van der Waals surface area (Å²) in [6, 6.07) is 16.3. The normalized spacial score (nSPS) is 14.9. The van der Waals surface area contributed by atoms with Gasteiger partial charge in [-0.25, -0.2) is 0 Å². The maximum Gasteiger partial charge on any atom is 0.242 e. The molecule has 31 heavy (non-hydrogen) atoms. The number of rotatable bonds is 9. The molecular formula is C26H34N2O2S. The fourth-order valence-electron chi connectivity index (χ4n) is 4.01. The monoisotopic (exact) mass is 438 g/mol. The van der Waals surface area contributed by atoms with Crippen molar-refractivity contribution in [2.24, 2.45) is 0 Å². The highest BCUT2D eigenvalue weighted by molar-refractivity contribution is 7.99. The van der Waals surface area contributed by atoms with Crippen molar-refractivity contribution >= 4 is 23.6 Å². The third-order valence-electron chi connectivity index (χ3n) is 5.92. The number of thioether (sulfide) groups is 1. The van der Waals surface area contributed by atoms with Crippen molar-refractivity contribution in [3.05, 3.63) is 70.8 Å². The minimum absolute atomic E-state index is 0.00676. The molecule has 4 nitrogen and oxygen atoms in total. The average molecular weight is 439 g/mol. The van der Waals surface area contributed by atoms with Gasteiger partial charge in [-0.3, -0.25) is 9.59 Å².